The average molecular weight is 322 g/mol. The number of carbonyl (C=O) groups is 2. The third kappa shape index (κ3) is 4.23. The van der Waals surface area contributed by atoms with Gasteiger partial charge in [-0.25, -0.2) is 4.98 Å². The zero-order chi connectivity index (χ0) is 16.9. The first-order valence-electron chi connectivity index (χ1n) is 7.41. The van der Waals surface area contributed by atoms with Gasteiger partial charge in [-0.2, -0.15) is 0 Å². The second-order valence-electron chi connectivity index (χ2n) is 5.56. The van der Waals surface area contributed by atoms with Gasteiger partial charge in [-0.3, -0.25) is 14.6 Å². The van der Waals surface area contributed by atoms with Gasteiger partial charge in [0.05, 0.1) is 38.1 Å². The second-order valence-corrected chi connectivity index (χ2v) is 5.56. The summed E-state index contributed by atoms with van der Waals surface area (Å²) in [6.45, 7) is 3.07. The number of aryl methyl sites for hydroxylation is 1. The van der Waals surface area contributed by atoms with Crippen molar-refractivity contribution in [2.24, 2.45) is 0 Å². The smallest absolute Gasteiger partial charge is 0.274 e. The Kier molecular flexibility index (Phi) is 5.62. The highest BCUT2D eigenvalue weighted by atomic mass is 16.5. The van der Waals surface area contributed by atoms with Crippen molar-refractivity contribution in [1.82, 2.24) is 20.2 Å². The van der Waals surface area contributed by atoms with Crippen LogP contribution in [0.25, 0.3) is 0 Å². The van der Waals surface area contributed by atoms with Gasteiger partial charge in [-0.1, -0.05) is 0 Å². The molecule has 2 heterocycles. The molecule has 1 unspecified atom stereocenters. The summed E-state index contributed by atoms with van der Waals surface area (Å²) in [5, 5.41) is 2.57. The van der Waals surface area contributed by atoms with Crippen LogP contribution in [0.4, 0.5) is 0 Å². The lowest BCUT2D eigenvalue weighted by Gasteiger charge is -2.33. The monoisotopic (exact) mass is 322 g/mol. The Balaban J connectivity index is 2.21. The molecular formula is C15H22N4O4. The Morgan fingerprint density at radius 1 is 1.48 bits per heavy atom. The van der Waals surface area contributed by atoms with E-state index in [4.69, 9.17) is 9.47 Å². The van der Waals surface area contributed by atoms with Gasteiger partial charge in [0.15, 0.2) is 0 Å². The SMILES string of the molecule is CNC(=O)CC1(OC)COCCN(C(=O)c2cncc(C)n2)C1. The van der Waals surface area contributed by atoms with Crippen molar-refractivity contribution in [3.05, 3.63) is 23.8 Å². The van der Waals surface area contributed by atoms with Crippen LogP contribution in [0.2, 0.25) is 0 Å². The number of methoxy groups -OCH3 is 1. The zero-order valence-electron chi connectivity index (χ0n) is 13.7. The average Bonchev–Trinajstić information content (AvgIpc) is 2.77. The first-order chi connectivity index (χ1) is 11.0. The summed E-state index contributed by atoms with van der Waals surface area (Å²) in [7, 11) is 3.08. The second kappa shape index (κ2) is 7.47. The predicted octanol–water partition coefficient (Wildman–Crippen LogP) is -0.221. The maximum Gasteiger partial charge on any atom is 0.274 e. The van der Waals surface area contributed by atoms with Crippen molar-refractivity contribution in [3.8, 4) is 0 Å². The maximum atomic E-state index is 12.7. The molecule has 1 aromatic heterocycles. The molecule has 1 atom stereocenters. The molecule has 1 saturated heterocycles. The summed E-state index contributed by atoms with van der Waals surface area (Å²) in [5.74, 6) is -0.412. The van der Waals surface area contributed by atoms with Crippen LogP contribution in [0.5, 0.6) is 0 Å². The molecule has 1 aliphatic heterocycles. The van der Waals surface area contributed by atoms with Crippen LogP contribution in [0.15, 0.2) is 12.4 Å². The summed E-state index contributed by atoms with van der Waals surface area (Å²) in [6, 6.07) is 0. The van der Waals surface area contributed by atoms with Crippen LogP contribution in [0, 0.1) is 6.92 Å². The third-order valence-corrected chi connectivity index (χ3v) is 3.81. The molecule has 0 bridgehead atoms. The van der Waals surface area contributed by atoms with Crippen LogP contribution >= 0.6 is 0 Å². The van der Waals surface area contributed by atoms with E-state index in [1.165, 1.54) is 13.3 Å². The van der Waals surface area contributed by atoms with Crippen molar-refractivity contribution in [2.75, 3.05) is 40.5 Å². The minimum Gasteiger partial charge on any atom is -0.377 e. The molecule has 0 radical (unpaired) electrons. The summed E-state index contributed by atoms with van der Waals surface area (Å²) < 4.78 is 11.1. The molecule has 1 N–H and O–H groups in total. The quantitative estimate of drug-likeness (QED) is 0.823. The van der Waals surface area contributed by atoms with Crippen molar-refractivity contribution >= 4 is 11.8 Å². The molecule has 2 rings (SSSR count). The van der Waals surface area contributed by atoms with Crippen molar-refractivity contribution in [1.29, 1.82) is 0 Å². The first kappa shape index (κ1) is 17.3. The summed E-state index contributed by atoms with van der Waals surface area (Å²) >= 11 is 0. The molecule has 1 fully saturated rings. The highest BCUT2D eigenvalue weighted by Crippen LogP contribution is 2.21. The fourth-order valence-corrected chi connectivity index (χ4v) is 2.49. The van der Waals surface area contributed by atoms with Crippen molar-refractivity contribution < 1.29 is 19.1 Å². The van der Waals surface area contributed by atoms with Gasteiger partial charge in [-0.15, -0.1) is 0 Å². The van der Waals surface area contributed by atoms with Crippen molar-refractivity contribution in [2.45, 2.75) is 18.9 Å². The summed E-state index contributed by atoms with van der Waals surface area (Å²) in [5.41, 5.74) is 0.0749. The van der Waals surface area contributed by atoms with Gasteiger partial charge in [-0.05, 0) is 6.92 Å². The molecule has 8 nitrogen and oxygen atoms in total. The van der Waals surface area contributed by atoms with E-state index < -0.39 is 5.60 Å². The van der Waals surface area contributed by atoms with E-state index in [2.05, 4.69) is 15.3 Å². The number of ether oxygens (including phenoxy) is 2. The number of aromatic nitrogens is 2. The van der Waals surface area contributed by atoms with Crippen LogP contribution in [0.3, 0.4) is 0 Å². The van der Waals surface area contributed by atoms with Crippen LogP contribution < -0.4 is 5.32 Å². The molecule has 1 aromatic rings. The number of hydrogen-bond acceptors (Lipinski definition) is 6. The molecule has 1 aliphatic rings. The zero-order valence-corrected chi connectivity index (χ0v) is 13.7. The minimum atomic E-state index is -0.872. The van der Waals surface area contributed by atoms with Gasteiger partial charge < -0.3 is 19.7 Å². The molecule has 8 heteroatoms. The third-order valence-electron chi connectivity index (χ3n) is 3.81. The predicted molar refractivity (Wildman–Crippen MR) is 81.9 cm³/mol. The topological polar surface area (TPSA) is 93.7 Å². The van der Waals surface area contributed by atoms with Crippen LogP contribution in [-0.2, 0) is 14.3 Å². The Hall–Kier alpha value is -2.06. The molecule has 23 heavy (non-hydrogen) atoms. The lowest BCUT2D eigenvalue weighted by atomic mass is 9.99. The first-order valence-corrected chi connectivity index (χ1v) is 7.41. The highest BCUT2D eigenvalue weighted by molar-refractivity contribution is 5.92. The summed E-state index contributed by atoms with van der Waals surface area (Å²) in [6.07, 6.45) is 3.14. The van der Waals surface area contributed by atoms with Gasteiger partial charge in [0, 0.05) is 26.9 Å². The van der Waals surface area contributed by atoms with Gasteiger partial charge in [0.1, 0.15) is 11.3 Å². The van der Waals surface area contributed by atoms with E-state index in [9.17, 15) is 9.59 Å². The Morgan fingerprint density at radius 3 is 2.91 bits per heavy atom. The standard InChI is InChI=1S/C15H22N4O4/c1-11-7-17-8-12(18-11)14(21)19-4-5-23-10-15(9-19,22-3)6-13(20)16-2/h7-8H,4-6,9-10H2,1-3H3,(H,16,20). The van der Waals surface area contributed by atoms with Gasteiger partial charge >= 0.3 is 0 Å². The van der Waals surface area contributed by atoms with Gasteiger partial charge in [0.25, 0.3) is 5.91 Å². The Morgan fingerprint density at radius 2 is 2.26 bits per heavy atom. The molecule has 0 aromatic carbocycles. The fourth-order valence-electron chi connectivity index (χ4n) is 2.49. The van der Waals surface area contributed by atoms with Gasteiger partial charge in [0.2, 0.25) is 5.91 Å². The molecule has 0 spiro atoms. The summed E-state index contributed by atoms with van der Waals surface area (Å²) in [4.78, 5) is 34.3. The van der Waals surface area contributed by atoms with Crippen LogP contribution in [0.1, 0.15) is 22.6 Å². The molecule has 2 amide bonds. The van der Waals surface area contributed by atoms with E-state index in [1.54, 1.807) is 25.1 Å². The number of carbonyl (C=O) groups excluding carboxylic acids is 2. The number of amides is 2. The number of hydrogen-bond donors (Lipinski definition) is 1. The Labute approximate surface area is 135 Å². The number of nitrogens with zero attached hydrogens (tertiary/aromatic N) is 3. The maximum absolute atomic E-state index is 12.7. The molecular weight excluding hydrogens is 300 g/mol. The Bertz CT molecular complexity index is 580. The molecule has 126 valence electrons. The normalized spacial score (nSPS) is 21.6. The fraction of sp³-hybridized carbons (Fsp3) is 0.600. The lowest BCUT2D eigenvalue weighted by molar-refractivity contribution is -0.131. The van der Waals surface area contributed by atoms with E-state index >= 15 is 0 Å². The van der Waals surface area contributed by atoms with E-state index in [-0.39, 0.29) is 37.1 Å². The lowest BCUT2D eigenvalue weighted by Crippen LogP contribution is -2.50. The van der Waals surface area contributed by atoms with E-state index in [1.807, 2.05) is 0 Å². The molecule has 0 aliphatic carbocycles. The molecule has 0 saturated carbocycles. The number of nitrogens with one attached hydrogen (secondary N) is 1. The number of rotatable bonds is 4. The largest absolute Gasteiger partial charge is 0.377 e. The van der Waals surface area contributed by atoms with Crippen molar-refractivity contribution in [3.63, 3.8) is 0 Å². The van der Waals surface area contributed by atoms with E-state index in [0.29, 0.717) is 18.8 Å². The highest BCUT2D eigenvalue weighted by Gasteiger charge is 2.39. The van der Waals surface area contributed by atoms with Crippen LogP contribution in [-0.4, -0.2) is 72.7 Å². The van der Waals surface area contributed by atoms with E-state index in [0.717, 1.165) is 0 Å². The minimum absolute atomic E-state index is 0.114.